The Kier molecular flexibility index (Phi) is 5.38. The second-order valence-electron chi connectivity index (χ2n) is 4.95. The van der Waals surface area contributed by atoms with Gasteiger partial charge >= 0.3 is 0 Å². The molecule has 0 amide bonds. The largest absolute Gasteiger partial charge is 0.314 e. The third kappa shape index (κ3) is 4.17. The first-order valence-corrected chi connectivity index (χ1v) is 8.30. The number of nitrogens with one attached hydrogen (secondary N) is 2. The molecule has 0 aliphatic carbocycles. The van der Waals surface area contributed by atoms with Gasteiger partial charge in [-0.05, 0) is 12.8 Å². The van der Waals surface area contributed by atoms with Crippen molar-refractivity contribution in [1.29, 1.82) is 0 Å². The average Bonchev–Trinajstić information content (AvgIpc) is 2.41. The SMILES string of the molecule is O=S(=O)(NCCN1CCNCC1)N1CCCCC1. The quantitative estimate of drug-likeness (QED) is 0.691. The maximum absolute atomic E-state index is 12.0. The summed E-state index contributed by atoms with van der Waals surface area (Å²) in [4.78, 5) is 2.29. The van der Waals surface area contributed by atoms with E-state index >= 15 is 0 Å². The van der Waals surface area contributed by atoms with E-state index in [2.05, 4.69) is 14.9 Å². The first kappa shape index (κ1) is 14.2. The normalized spacial score (nSPS) is 24.2. The molecule has 0 aromatic carbocycles. The molecule has 106 valence electrons. The van der Waals surface area contributed by atoms with Crippen molar-refractivity contribution in [3.63, 3.8) is 0 Å². The van der Waals surface area contributed by atoms with Gasteiger partial charge in [0, 0.05) is 52.4 Å². The monoisotopic (exact) mass is 276 g/mol. The molecule has 0 unspecified atom stereocenters. The molecule has 0 atom stereocenters. The lowest BCUT2D eigenvalue weighted by Gasteiger charge is -2.29. The molecule has 2 saturated heterocycles. The van der Waals surface area contributed by atoms with E-state index in [1.165, 1.54) is 0 Å². The fraction of sp³-hybridized carbons (Fsp3) is 1.00. The van der Waals surface area contributed by atoms with E-state index in [0.717, 1.165) is 52.0 Å². The Morgan fingerprint density at radius 1 is 1.00 bits per heavy atom. The topological polar surface area (TPSA) is 64.7 Å². The van der Waals surface area contributed by atoms with Crippen LogP contribution in [0.4, 0.5) is 0 Å². The van der Waals surface area contributed by atoms with Crippen LogP contribution in [0.1, 0.15) is 19.3 Å². The summed E-state index contributed by atoms with van der Waals surface area (Å²) in [5, 5.41) is 3.28. The predicted octanol–water partition coefficient (Wildman–Crippen LogP) is -0.788. The molecule has 18 heavy (non-hydrogen) atoms. The van der Waals surface area contributed by atoms with Gasteiger partial charge in [-0.2, -0.15) is 12.7 Å². The summed E-state index contributed by atoms with van der Waals surface area (Å²) in [6, 6.07) is 0. The van der Waals surface area contributed by atoms with E-state index in [-0.39, 0.29) is 0 Å². The zero-order chi connectivity index (χ0) is 12.8. The highest BCUT2D eigenvalue weighted by molar-refractivity contribution is 7.87. The molecule has 0 saturated carbocycles. The van der Waals surface area contributed by atoms with Crippen molar-refractivity contribution in [1.82, 2.24) is 19.2 Å². The number of piperazine rings is 1. The minimum absolute atomic E-state index is 0.513. The molecule has 2 aliphatic rings. The lowest BCUT2D eigenvalue weighted by Crippen LogP contribution is -2.48. The van der Waals surface area contributed by atoms with Crippen LogP contribution in [0, 0.1) is 0 Å². The van der Waals surface area contributed by atoms with Crippen molar-refractivity contribution in [3.05, 3.63) is 0 Å². The van der Waals surface area contributed by atoms with Crippen LogP contribution in [-0.4, -0.2) is 70.0 Å². The van der Waals surface area contributed by atoms with Gasteiger partial charge in [0.05, 0.1) is 0 Å². The summed E-state index contributed by atoms with van der Waals surface area (Å²) in [6.07, 6.45) is 3.12. The summed E-state index contributed by atoms with van der Waals surface area (Å²) in [5.74, 6) is 0. The van der Waals surface area contributed by atoms with Crippen LogP contribution in [0.3, 0.4) is 0 Å². The number of hydrogen-bond donors (Lipinski definition) is 2. The molecular weight excluding hydrogens is 252 g/mol. The Bertz CT molecular complexity index is 335. The number of hydrogen-bond acceptors (Lipinski definition) is 4. The van der Waals surface area contributed by atoms with Crippen molar-refractivity contribution in [2.75, 3.05) is 52.4 Å². The highest BCUT2D eigenvalue weighted by atomic mass is 32.2. The maximum atomic E-state index is 12.0. The summed E-state index contributed by atoms with van der Waals surface area (Å²) in [5.41, 5.74) is 0. The van der Waals surface area contributed by atoms with Gasteiger partial charge in [0.2, 0.25) is 0 Å². The first-order chi connectivity index (χ1) is 8.68. The van der Waals surface area contributed by atoms with Gasteiger partial charge in [0.25, 0.3) is 10.2 Å². The molecule has 7 heteroatoms. The summed E-state index contributed by atoms with van der Waals surface area (Å²) in [7, 11) is -3.24. The lowest BCUT2D eigenvalue weighted by atomic mass is 10.2. The Morgan fingerprint density at radius 3 is 2.33 bits per heavy atom. The molecule has 6 nitrogen and oxygen atoms in total. The van der Waals surface area contributed by atoms with Crippen LogP contribution in [-0.2, 0) is 10.2 Å². The van der Waals surface area contributed by atoms with Crippen LogP contribution < -0.4 is 10.0 Å². The van der Waals surface area contributed by atoms with Crippen molar-refractivity contribution in [2.45, 2.75) is 19.3 Å². The molecule has 2 fully saturated rings. The van der Waals surface area contributed by atoms with Gasteiger partial charge in [0.15, 0.2) is 0 Å². The van der Waals surface area contributed by atoms with Gasteiger partial charge in [0.1, 0.15) is 0 Å². The molecule has 0 aromatic rings. The highest BCUT2D eigenvalue weighted by Gasteiger charge is 2.23. The standard InChI is InChI=1S/C11H24N4O2S/c16-18(17,15-7-2-1-3-8-15)13-6-11-14-9-4-12-5-10-14/h12-13H,1-11H2. The van der Waals surface area contributed by atoms with Gasteiger partial charge < -0.3 is 5.32 Å². The minimum atomic E-state index is -3.24. The Morgan fingerprint density at radius 2 is 1.67 bits per heavy atom. The Balaban J connectivity index is 1.70. The molecule has 0 radical (unpaired) electrons. The van der Waals surface area contributed by atoms with Gasteiger partial charge in [-0.3, -0.25) is 4.90 Å². The van der Waals surface area contributed by atoms with E-state index in [1.807, 2.05) is 0 Å². The molecule has 2 N–H and O–H groups in total. The average molecular weight is 276 g/mol. The summed E-state index contributed by atoms with van der Waals surface area (Å²) in [6.45, 7) is 6.66. The molecule has 0 aromatic heterocycles. The van der Waals surface area contributed by atoms with E-state index in [0.29, 0.717) is 19.6 Å². The second kappa shape index (κ2) is 6.81. The van der Waals surface area contributed by atoms with E-state index in [1.54, 1.807) is 4.31 Å². The fourth-order valence-electron chi connectivity index (χ4n) is 2.46. The van der Waals surface area contributed by atoms with Crippen LogP contribution in [0.5, 0.6) is 0 Å². The Hall–Kier alpha value is -0.210. The highest BCUT2D eigenvalue weighted by Crippen LogP contribution is 2.11. The molecule has 2 aliphatic heterocycles. The van der Waals surface area contributed by atoms with Crippen molar-refractivity contribution in [2.24, 2.45) is 0 Å². The van der Waals surface area contributed by atoms with Crippen LogP contribution in [0.25, 0.3) is 0 Å². The number of piperidine rings is 1. The van der Waals surface area contributed by atoms with Gasteiger partial charge in [-0.25, -0.2) is 4.72 Å². The maximum Gasteiger partial charge on any atom is 0.279 e. The molecular formula is C11H24N4O2S. The van der Waals surface area contributed by atoms with Gasteiger partial charge in [-0.1, -0.05) is 6.42 Å². The molecule has 0 bridgehead atoms. The molecule has 0 spiro atoms. The van der Waals surface area contributed by atoms with Crippen LogP contribution in [0.15, 0.2) is 0 Å². The van der Waals surface area contributed by atoms with Crippen LogP contribution in [0.2, 0.25) is 0 Å². The van der Waals surface area contributed by atoms with Crippen molar-refractivity contribution >= 4 is 10.2 Å². The number of nitrogens with zero attached hydrogens (tertiary/aromatic N) is 2. The van der Waals surface area contributed by atoms with E-state index in [9.17, 15) is 8.42 Å². The lowest BCUT2D eigenvalue weighted by molar-refractivity contribution is 0.244. The number of rotatable bonds is 5. The third-order valence-electron chi connectivity index (χ3n) is 3.58. The Labute approximate surface area is 110 Å². The fourth-order valence-corrected chi connectivity index (χ4v) is 3.73. The van der Waals surface area contributed by atoms with E-state index < -0.39 is 10.2 Å². The van der Waals surface area contributed by atoms with Crippen molar-refractivity contribution < 1.29 is 8.42 Å². The molecule has 2 heterocycles. The zero-order valence-electron chi connectivity index (χ0n) is 10.9. The third-order valence-corrected chi connectivity index (χ3v) is 5.19. The first-order valence-electron chi connectivity index (χ1n) is 6.86. The van der Waals surface area contributed by atoms with Gasteiger partial charge in [-0.15, -0.1) is 0 Å². The van der Waals surface area contributed by atoms with Crippen molar-refractivity contribution in [3.8, 4) is 0 Å². The van der Waals surface area contributed by atoms with E-state index in [4.69, 9.17) is 0 Å². The van der Waals surface area contributed by atoms with Crippen LogP contribution >= 0.6 is 0 Å². The zero-order valence-corrected chi connectivity index (χ0v) is 11.7. The minimum Gasteiger partial charge on any atom is -0.314 e. The smallest absolute Gasteiger partial charge is 0.279 e. The summed E-state index contributed by atoms with van der Waals surface area (Å²) < 4.78 is 28.3. The summed E-state index contributed by atoms with van der Waals surface area (Å²) >= 11 is 0. The molecule has 2 rings (SSSR count). The second-order valence-corrected chi connectivity index (χ2v) is 6.71. The predicted molar refractivity (Wildman–Crippen MR) is 71.7 cm³/mol.